The molecule has 0 radical (unpaired) electrons. The third-order valence-electron chi connectivity index (χ3n) is 2.47. The quantitative estimate of drug-likeness (QED) is 0.774. The van der Waals surface area contributed by atoms with Crippen molar-refractivity contribution >= 4 is 12.1 Å². The van der Waals surface area contributed by atoms with Gasteiger partial charge in [0.2, 0.25) is 6.41 Å². The van der Waals surface area contributed by atoms with Crippen molar-refractivity contribution in [2.45, 2.75) is 6.42 Å². The van der Waals surface area contributed by atoms with E-state index in [1.54, 1.807) is 0 Å². The van der Waals surface area contributed by atoms with Crippen molar-refractivity contribution in [1.82, 2.24) is 0 Å². The maximum Gasteiger partial charge on any atom is 0.211 e. The summed E-state index contributed by atoms with van der Waals surface area (Å²) in [4.78, 5) is 10.5. The van der Waals surface area contributed by atoms with Gasteiger partial charge in [0.15, 0.2) is 0 Å². The molecule has 80 valence electrons. The van der Waals surface area contributed by atoms with Gasteiger partial charge in [-0.15, -0.1) is 0 Å². The van der Waals surface area contributed by atoms with Gasteiger partial charge in [0.1, 0.15) is 0 Å². The lowest BCUT2D eigenvalue weighted by molar-refractivity contribution is -0.105. The number of benzene rings is 2. The van der Waals surface area contributed by atoms with Gasteiger partial charge in [0, 0.05) is 5.69 Å². The molecule has 16 heavy (non-hydrogen) atoms. The first-order chi connectivity index (χ1) is 7.90. The molecule has 0 aliphatic heterocycles. The largest absolute Gasteiger partial charge is 0.328 e. The van der Waals surface area contributed by atoms with Gasteiger partial charge in [-0.2, -0.15) is 0 Å². The van der Waals surface area contributed by atoms with E-state index >= 15 is 0 Å². The Morgan fingerprint density at radius 2 is 1.62 bits per heavy atom. The average molecular weight is 211 g/mol. The Kier molecular flexibility index (Phi) is 3.34. The summed E-state index contributed by atoms with van der Waals surface area (Å²) in [6, 6.07) is 18.0. The molecule has 0 aromatic heterocycles. The molecule has 0 aliphatic rings. The van der Waals surface area contributed by atoms with Crippen LogP contribution in [0.15, 0.2) is 54.6 Å². The van der Waals surface area contributed by atoms with Gasteiger partial charge in [0.25, 0.3) is 0 Å². The van der Waals surface area contributed by atoms with E-state index in [0.29, 0.717) is 6.41 Å². The maximum atomic E-state index is 10.5. The summed E-state index contributed by atoms with van der Waals surface area (Å²) in [5, 5.41) is 2.72. The summed E-state index contributed by atoms with van der Waals surface area (Å²) in [5.41, 5.74) is 3.24. The fraction of sp³-hybridized carbons (Fsp3) is 0.0714. The van der Waals surface area contributed by atoms with E-state index in [0.717, 1.165) is 17.7 Å². The fourth-order valence-corrected chi connectivity index (χ4v) is 1.69. The van der Waals surface area contributed by atoms with E-state index < -0.39 is 0 Å². The number of rotatable bonds is 4. The number of anilines is 1. The molecule has 1 N–H and O–H groups in total. The SMILES string of the molecule is O=CNc1ccccc1Cc1ccccc1. The Labute approximate surface area is 94.9 Å². The van der Waals surface area contributed by atoms with E-state index in [-0.39, 0.29) is 0 Å². The number of para-hydroxylation sites is 1. The Morgan fingerprint density at radius 1 is 0.938 bits per heavy atom. The number of carbonyl (C=O) groups is 1. The van der Waals surface area contributed by atoms with Gasteiger partial charge in [-0.3, -0.25) is 4.79 Å². The van der Waals surface area contributed by atoms with Crippen molar-refractivity contribution in [2.75, 3.05) is 5.32 Å². The number of hydrogen-bond acceptors (Lipinski definition) is 1. The smallest absolute Gasteiger partial charge is 0.211 e. The van der Waals surface area contributed by atoms with E-state index in [2.05, 4.69) is 17.4 Å². The molecule has 2 rings (SSSR count). The molecule has 0 saturated carbocycles. The summed E-state index contributed by atoms with van der Waals surface area (Å²) in [5.74, 6) is 0. The number of nitrogens with one attached hydrogen (secondary N) is 1. The minimum Gasteiger partial charge on any atom is -0.328 e. The van der Waals surface area contributed by atoms with Crippen molar-refractivity contribution in [3.05, 3.63) is 65.7 Å². The minimum absolute atomic E-state index is 0.712. The highest BCUT2D eigenvalue weighted by atomic mass is 16.1. The molecular weight excluding hydrogens is 198 g/mol. The molecule has 0 heterocycles. The number of amides is 1. The van der Waals surface area contributed by atoms with Crippen LogP contribution in [0, 0.1) is 0 Å². The topological polar surface area (TPSA) is 29.1 Å². The highest BCUT2D eigenvalue weighted by molar-refractivity contribution is 5.73. The van der Waals surface area contributed by atoms with Crippen LogP contribution >= 0.6 is 0 Å². The number of carbonyl (C=O) groups excluding carboxylic acids is 1. The molecule has 0 atom stereocenters. The van der Waals surface area contributed by atoms with Crippen molar-refractivity contribution in [2.24, 2.45) is 0 Å². The Balaban J connectivity index is 2.24. The second kappa shape index (κ2) is 5.12. The van der Waals surface area contributed by atoms with E-state index in [9.17, 15) is 4.79 Å². The van der Waals surface area contributed by atoms with E-state index in [1.807, 2.05) is 42.5 Å². The predicted octanol–water partition coefficient (Wildman–Crippen LogP) is 2.85. The molecule has 1 amide bonds. The summed E-state index contributed by atoms with van der Waals surface area (Å²) in [6.45, 7) is 0. The molecular formula is C14H13NO. The summed E-state index contributed by atoms with van der Waals surface area (Å²) < 4.78 is 0. The van der Waals surface area contributed by atoms with E-state index in [4.69, 9.17) is 0 Å². The van der Waals surface area contributed by atoms with Crippen LogP contribution in [0.25, 0.3) is 0 Å². The van der Waals surface area contributed by atoms with Crippen molar-refractivity contribution in [3.8, 4) is 0 Å². The summed E-state index contributed by atoms with van der Waals surface area (Å²) in [6.07, 6.45) is 1.54. The predicted molar refractivity (Wildman–Crippen MR) is 65.4 cm³/mol. The van der Waals surface area contributed by atoms with Crippen molar-refractivity contribution < 1.29 is 4.79 Å². The van der Waals surface area contributed by atoms with Crippen molar-refractivity contribution in [1.29, 1.82) is 0 Å². The average Bonchev–Trinajstić information content (AvgIpc) is 2.33. The summed E-state index contributed by atoms with van der Waals surface area (Å²) >= 11 is 0. The molecule has 0 unspecified atom stereocenters. The van der Waals surface area contributed by atoms with Gasteiger partial charge in [-0.1, -0.05) is 48.5 Å². The van der Waals surface area contributed by atoms with Crippen LogP contribution in [0.2, 0.25) is 0 Å². The first-order valence-electron chi connectivity index (χ1n) is 5.22. The third kappa shape index (κ3) is 2.48. The fourth-order valence-electron chi connectivity index (χ4n) is 1.69. The van der Waals surface area contributed by atoms with Crippen LogP contribution in [0.4, 0.5) is 5.69 Å². The normalized spacial score (nSPS) is 9.75. The molecule has 2 heteroatoms. The lowest BCUT2D eigenvalue weighted by Crippen LogP contribution is -1.99. The molecule has 0 fully saturated rings. The van der Waals surface area contributed by atoms with Crippen LogP contribution in [-0.2, 0) is 11.2 Å². The second-order valence-corrected chi connectivity index (χ2v) is 3.58. The van der Waals surface area contributed by atoms with Crippen LogP contribution in [0.1, 0.15) is 11.1 Å². The number of hydrogen-bond donors (Lipinski definition) is 1. The molecule has 0 spiro atoms. The first kappa shape index (κ1) is 10.4. The van der Waals surface area contributed by atoms with Gasteiger partial charge in [-0.05, 0) is 23.6 Å². The lowest BCUT2D eigenvalue weighted by atomic mass is 10.0. The lowest BCUT2D eigenvalue weighted by Gasteiger charge is -2.07. The maximum absolute atomic E-state index is 10.5. The monoisotopic (exact) mass is 211 g/mol. The highest BCUT2D eigenvalue weighted by Crippen LogP contribution is 2.18. The van der Waals surface area contributed by atoms with Crippen molar-refractivity contribution in [3.63, 3.8) is 0 Å². The first-order valence-corrected chi connectivity index (χ1v) is 5.22. The molecule has 2 nitrogen and oxygen atoms in total. The second-order valence-electron chi connectivity index (χ2n) is 3.58. The summed E-state index contributed by atoms with van der Waals surface area (Å²) in [7, 11) is 0. The Hall–Kier alpha value is -2.09. The van der Waals surface area contributed by atoms with Crippen LogP contribution in [0.3, 0.4) is 0 Å². The standard InChI is InChI=1S/C14H13NO/c16-11-15-14-9-5-4-8-13(14)10-12-6-2-1-3-7-12/h1-9,11H,10H2,(H,15,16). The molecule has 0 saturated heterocycles. The molecule has 0 aliphatic carbocycles. The minimum atomic E-state index is 0.712. The molecule has 0 bridgehead atoms. The zero-order valence-corrected chi connectivity index (χ0v) is 8.89. The Morgan fingerprint density at radius 3 is 2.38 bits per heavy atom. The molecule has 2 aromatic rings. The van der Waals surface area contributed by atoms with Gasteiger partial charge >= 0.3 is 0 Å². The highest BCUT2D eigenvalue weighted by Gasteiger charge is 2.01. The van der Waals surface area contributed by atoms with E-state index in [1.165, 1.54) is 5.56 Å². The molecule has 2 aromatic carbocycles. The van der Waals surface area contributed by atoms with Gasteiger partial charge in [0.05, 0.1) is 0 Å². The zero-order valence-electron chi connectivity index (χ0n) is 8.89. The van der Waals surface area contributed by atoms with Gasteiger partial charge in [-0.25, -0.2) is 0 Å². The van der Waals surface area contributed by atoms with Crippen LogP contribution in [0.5, 0.6) is 0 Å². The van der Waals surface area contributed by atoms with Gasteiger partial charge < -0.3 is 5.32 Å². The van der Waals surface area contributed by atoms with Crippen LogP contribution < -0.4 is 5.32 Å². The zero-order chi connectivity index (χ0) is 11.2. The van der Waals surface area contributed by atoms with Crippen LogP contribution in [-0.4, -0.2) is 6.41 Å². The third-order valence-corrected chi connectivity index (χ3v) is 2.47. The Bertz CT molecular complexity index is 465.